The van der Waals surface area contributed by atoms with Gasteiger partial charge in [-0.05, 0) is 42.3 Å². The molecule has 156 valence electrons. The number of aromatic nitrogens is 2. The molecule has 1 aliphatic rings. The van der Waals surface area contributed by atoms with Crippen molar-refractivity contribution >= 4 is 17.5 Å². The van der Waals surface area contributed by atoms with Gasteiger partial charge >= 0.3 is 5.97 Å². The van der Waals surface area contributed by atoms with Crippen molar-refractivity contribution in [3.05, 3.63) is 77.3 Å². The first-order valence-electron chi connectivity index (χ1n) is 10.0. The average molecular weight is 406 g/mol. The highest BCUT2D eigenvalue weighted by Gasteiger charge is 2.16. The van der Waals surface area contributed by atoms with Crippen LogP contribution in [0, 0.1) is 0 Å². The lowest BCUT2D eigenvalue weighted by molar-refractivity contribution is -0.143. The van der Waals surface area contributed by atoms with Gasteiger partial charge in [-0.3, -0.25) is 9.78 Å². The fraction of sp³-hybridized carbons (Fsp3) is 0.304. The molecule has 0 aromatic carbocycles. The summed E-state index contributed by atoms with van der Waals surface area (Å²) in [6.07, 6.45) is 7.73. The summed E-state index contributed by atoms with van der Waals surface area (Å²) in [4.78, 5) is 20.4. The van der Waals surface area contributed by atoms with E-state index in [2.05, 4.69) is 20.4 Å². The summed E-state index contributed by atoms with van der Waals surface area (Å²) >= 11 is 0. The Morgan fingerprint density at radius 2 is 2.07 bits per heavy atom. The van der Waals surface area contributed by atoms with Crippen LogP contribution in [0.3, 0.4) is 0 Å². The van der Waals surface area contributed by atoms with E-state index in [0.29, 0.717) is 44.5 Å². The van der Waals surface area contributed by atoms with Gasteiger partial charge in [-0.15, -0.1) is 0 Å². The normalized spacial score (nSPS) is 14.8. The molecular formula is C23H26N4O3. The van der Waals surface area contributed by atoms with Crippen molar-refractivity contribution in [1.82, 2.24) is 9.97 Å². The fourth-order valence-electron chi connectivity index (χ4n) is 3.18. The number of esters is 1. The minimum absolute atomic E-state index is 0.216. The zero-order valence-corrected chi connectivity index (χ0v) is 17.0. The zero-order chi connectivity index (χ0) is 21.2. The molecule has 0 amide bonds. The van der Waals surface area contributed by atoms with Gasteiger partial charge in [0.05, 0.1) is 18.7 Å². The van der Waals surface area contributed by atoms with Crippen molar-refractivity contribution in [2.45, 2.75) is 32.6 Å². The molecule has 1 aliphatic carbocycles. The number of nitrogens with one attached hydrogen (secondary N) is 1. The molecule has 2 heterocycles. The van der Waals surface area contributed by atoms with Gasteiger partial charge in [-0.25, -0.2) is 4.98 Å². The third-order valence-corrected chi connectivity index (χ3v) is 4.69. The standard InChI is InChI=1S/C23H26N4O3/c1-2-30-23(28)12-11-19-6-5-7-20(26-19)15-18-10-9-17(14-21(18)27-29)16-25-22-8-3-4-13-24-22/h3-10,13,29H,2,11-12,14-16H2,1H3,(H,24,25). The zero-order valence-electron chi connectivity index (χ0n) is 17.0. The molecule has 7 nitrogen and oxygen atoms in total. The molecule has 2 aromatic heterocycles. The molecule has 3 rings (SSSR count). The first-order chi connectivity index (χ1) is 14.7. The smallest absolute Gasteiger partial charge is 0.306 e. The maximum atomic E-state index is 11.6. The van der Waals surface area contributed by atoms with Gasteiger partial charge in [-0.2, -0.15) is 0 Å². The predicted molar refractivity (Wildman–Crippen MR) is 116 cm³/mol. The highest BCUT2D eigenvalue weighted by molar-refractivity contribution is 6.02. The van der Waals surface area contributed by atoms with Crippen molar-refractivity contribution < 1.29 is 14.7 Å². The molecule has 0 radical (unpaired) electrons. The molecule has 0 unspecified atom stereocenters. The fourth-order valence-corrected chi connectivity index (χ4v) is 3.18. The van der Waals surface area contributed by atoms with Crippen molar-refractivity contribution in [1.29, 1.82) is 0 Å². The van der Waals surface area contributed by atoms with E-state index < -0.39 is 0 Å². The maximum Gasteiger partial charge on any atom is 0.306 e. The van der Waals surface area contributed by atoms with Crippen LogP contribution in [0.2, 0.25) is 0 Å². The number of allylic oxidation sites excluding steroid dienone is 3. The van der Waals surface area contributed by atoms with Gasteiger partial charge < -0.3 is 15.3 Å². The molecule has 0 atom stereocenters. The van der Waals surface area contributed by atoms with Crippen LogP contribution in [0.1, 0.15) is 31.2 Å². The van der Waals surface area contributed by atoms with Gasteiger partial charge in [-0.1, -0.05) is 29.4 Å². The van der Waals surface area contributed by atoms with Gasteiger partial charge in [0.2, 0.25) is 0 Å². The summed E-state index contributed by atoms with van der Waals surface area (Å²) in [7, 11) is 0. The quantitative estimate of drug-likeness (QED) is 0.374. The van der Waals surface area contributed by atoms with E-state index in [1.807, 2.05) is 48.6 Å². The van der Waals surface area contributed by atoms with Gasteiger partial charge in [0.15, 0.2) is 0 Å². The van der Waals surface area contributed by atoms with Crippen LogP contribution in [0.15, 0.2) is 71.0 Å². The van der Waals surface area contributed by atoms with Gasteiger partial charge in [0.25, 0.3) is 0 Å². The van der Waals surface area contributed by atoms with E-state index in [4.69, 9.17) is 4.74 Å². The van der Waals surface area contributed by atoms with E-state index in [9.17, 15) is 10.0 Å². The lowest BCUT2D eigenvalue weighted by Gasteiger charge is -2.17. The Kier molecular flexibility index (Phi) is 7.71. The lowest BCUT2D eigenvalue weighted by Crippen LogP contribution is -2.16. The highest BCUT2D eigenvalue weighted by Crippen LogP contribution is 2.20. The molecular weight excluding hydrogens is 380 g/mol. The Morgan fingerprint density at radius 1 is 1.20 bits per heavy atom. The van der Waals surface area contributed by atoms with Crippen molar-refractivity contribution in [3.63, 3.8) is 0 Å². The Hall–Kier alpha value is -3.48. The summed E-state index contributed by atoms with van der Waals surface area (Å²) in [5.74, 6) is 0.589. The largest absolute Gasteiger partial charge is 0.466 e. The maximum absolute atomic E-state index is 11.6. The Balaban J connectivity index is 1.62. The summed E-state index contributed by atoms with van der Waals surface area (Å²) in [5.41, 5.74) is 4.37. The van der Waals surface area contributed by atoms with E-state index in [0.717, 1.165) is 28.4 Å². The van der Waals surface area contributed by atoms with Crippen molar-refractivity contribution in [2.75, 3.05) is 18.5 Å². The number of anilines is 1. The number of ether oxygens (including phenoxy) is 1. The highest BCUT2D eigenvalue weighted by atomic mass is 16.5. The molecule has 0 spiro atoms. The summed E-state index contributed by atoms with van der Waals surface area (Å²) in [6.45, 7) is 2.81. The number of carbonyl (C=O) groups excluding carboxylic acids is 1. The summed E-state index contributed by atoms with van der Waals surface area (Å²) in [6, 6.07) is 11.5. The number of carbonyl (C=O) groups is 1. The number of hydrogen-bond acceptors (Lipinski definition) is 7. The van der Waals surface area contributed by atoms with Crippen LogP contribution in [-0.4, -0.2) is 40.0 Å². The van der Waals surface area contributed by atoms with Crippen LogP contribution < -0.4 is 5.32 Å². The van der Waals surface area contributed by atoms with Gasteiger partial charge in [0.1, 0.15) is 5.82 Å². The SMILES string of the molecule is CCOC(=O)CCc1cccc(CC2=CC=C(CNc3ccccn3)CC2=NO)n1. The minimum atomic E-state index is -0.216. The van der Waals surface area contributed by atoms with Crippen molar-refractivity contribution in [3.8, 4) is 0 Å². The van der Waals surface area contributed by atoms with E-state index in [1.54, 1.807) is 13.1 Å². The van der Waals surface area contributed by atoms with Crippen LogP contribution in [0.25, 0.3) is 0 Å². The third-order valence-electron chi connectivity index (χ3n) is 4.69. The van der Waals surface area contributed by atoms with Gasteiger partial charge in [0, 0.05) is 43.4 Å². The first-order valence-corrected chi connectivity index (χ1v) is 10.0. The molecule has 2 aromatic rings. The van der Waals surface area contributed by atoms with Crippen LogP contribution in [0.4, 0.5) is 5.82 Å². The molecule has 0 saturated heterocycles. The molecule has 7 heteroatoms. The van der Waals surface area contributed by atoms with E-state index in [1.165, 1.54) is 0 Å². The summed E-state index contributed by atoms with van der Waals surface area (Å²) < 4.78 is 4.97. The number of hydrogen-bond donors (Lipinski definition) is 2. The van der Waals surface area contributed by atoms with E-state index >= 15 is 0 Å². The molecule has 0 bridgehead atoms. The first kappa shape index (κ1) is 21.2. The molecule has 2 N–H and O–H groups in total. The number of nitrogens with zero attached hydrogens (tertiary/aromatic N) is 3. The monoisotopic (exact) mass is 406 g/mol. The average Bonchev–Trinajstić information content (AvgIpc) is 2.78. The molecule has 0 aliphatic heterocycles. The Labute approximate surface area is 176 Å². The number of pyridine rings is 2. The summed E-state index contributed by atoms with van der Waals surface area (Å²) in [5, 5.41) is 16.3. The predicted octanol–water partition coefficient (Wildman–Crippen LogP) is 3.71. The number of rotatable bonds is 9. The van der Waals surface area contributed by atoms with Crippen LogP contribution >= 0.6 is 0 Å². The minimum Gasteiger partial charge on any atom is -0.466 e. The second-order valence-electron chi connectivity index (χ2n) is 6.91. The molecule has 0 fully saturated rings. The topological polar surface area (TPSA) is 96.7 Å². The second-order valence-corrected chi connectivity index (χ2v) is 6.91. The van der Waals surface area contributed by atoms with Crippen LogP contribution in [0.5, 0.6) is 0 Å². The van der Waals surface area contributed by atoms with Crippen LogP contribution in [-0.2, 0) is 22.4 Å². The number of oxime groups is 1. The number of aryl methyl sites for hydroxylation is 1. The third kappa shape index (κ3) is 6.27. The lowest BCUT2D eigenvalue weighted by atomic mass is 9.93. The van der Waals surface area contributed by atoms with E-state index in [-0.39, 0.29) is 5.97 Å². The molecule has 30 heavy (non-hydrogen) atoms. The van der Waals surface area contributed by atoms with Crippen molar-refractivity contribution in [2.24, 2.45) is 5.16 Å². The second kappa shape index (κ2) is 10.9. The Bertz CT molecular complexity index is 952. The Morgan fingerprint density at radius 3 is 2.83 bits per heavy atom. The molecule has 0 saturated carbocycles.